The number of likely N-dealkylation sites (tertiary alicyclic amines) is 1. The molecule has 3 aliphatic rings. The molecule has 0 aromatic carbocycles. The maximum absolute atomic E-state index is 13.2. The van der Waals surface area contributed by atoms with Crippen LogP contribution in [0.15, 0.2) is 17.1 Å². The fourth-order valence-electron chi connectivity index (χ4n) is 7.93. The summed E-state index contributed by atoms with van der Waals surface area (Å²) in [5.41, 5.74) is 1.45. The van der Waals surface area contributed by atoms with E-state index in [4.69, 9.17) is 23.8 Å². The average molecular weight is 748 g/mol. The number of hydrogen-bond donors (Lipinski definition) is 0. The third-order valence-electron chi connectivity index (χ3n) is 10.4. The summed E-state index contributed by atoms with van der Waals surface area (Å²) in [6.07, 6.45) is 6.48. The lowest BCUT2D eigenvalue weighted by atomic mass is 9.71. The highest BCUT2D eigenvalue weighted by Crippen LogP contribution is 2.51. The van der Waals surface area contributed by atoms with Gasteiger partial charge in [-0.2, -0.15) is 14.6 Å². The number of rotatable bonds is 8. The molecule has 2 aliphatic heterocycles. The molecule has 280 valence electrons. The Labute approximate surface area is 316 Å². The molecule has 2 fully saturated rings. The maximum Gasteiger partial charge on any atom is 0.410 e. The Morgan fingerprint density at radius 1 is 1.19 bits per heavy atom. The molecular weight excluding hydrogens is 695 g/mol. The van der Waals surface area contributed by atoms with Crippen molar-refractivity contribution in [2.45, 2.75) is 116 Å². The van der Waals surface area contributed by atoms with Gasteiger partial charge in [0.1, 0.15) is 34.3 Å². The molecule has 2 saturated heterocycles. The number of carbonyl (C=O) groups excluding carboxylic acids is 1. The first kappa shape index (κ1) is 37.9. The summed E-state index contributed by atoms with van der Waals surface area (Å²) < 4.78 is 17.3. The zero-order chi connectivity index (χ0) is 37.5. The van der Waals surface area contributed by atoms with Crippen molar-refractivity contribution in [3.63, 3.8) is 0 Å². The minimum Gasteiger partial charge on any atom is -0.473 e. The van der Waals surface area contributed by atoms with Crippen LogP contribution < -0.4 is 9.64 Å². The number of ether oxygens (including phenoxy) is 2. The number of likely N-dealkylation sites (N-methyl/N-ethyl adjacent to an activating group) is 1. The van der Waals surface area contributed by atoms with Crippen molar-refractivity contribution in [2.24, 2.45) is 4.99 Å². The molecule has 0 bridgehead atoms. The van der Waals surface area contributed by atoms with Gasteiger partial charge in [0.15, 0.2) is 5.82 Å². The number of hydrogen-bond acceptors (Lipinski definition) is 12. The molecule has 5 atom stereocenters. The van der Waals surface area contributed by atoms with E-state index >= 15 is 0 Å². The van der Waals surface area contributed by atoms with Crippen LogP contribution in [0.5, 0.6) is 5.88 Å². The third kappa shape index (κ3) is 7.77. The van der Waals surface area contributed by atoms with Crippen LogP contribution in [0.4, 0.5) is 15.6 Å². The summed E-state index contributed by atoms with van der Waals surface area (Å²) in [5, 5.41) is 11.1. The van der Waals surface area contributed by atoms with E-state index in [1.165, 1.54) is 16.4 Å². The lowest BCUT2D eigenvalue weighted by Gasteiger charge is -2.44. The second-order valence-electron chi connectivity index (χ2n) is 16.1. The van der Waals surface area contributed by atoms with E-state index in [9.17, 15) is 10.1 Å². The Kier molecular flexibility index (Phi) is 10.9. The number of thiophene rings is 1. The molecular formula is C38H53N9O3S2. The van der Waals surface area contributed by atoms with E-state index in [0.717, 1.165) is 59.9 Å². The van der Waals surface area contributed by atoms with E-state index in [-0.39, 0.29) is 24.3 Å². The van der Waals surface area contributed by atoms with Gasteiger partial charge in [0.2, 0.25) is 5.88 Å². The molecule has 3 aromatic heterocycles. The predicted octanol–water partition coefficient (Wildman–Crippen LogP) is 7.09. The predicted molar refractivity (Wildman–Crippen MR) is 208 cm³/mol. The highest BCUT2D eigenvalue weighted by molar-refractivity contribution is 7.16. The number of carbonyl (C=O) groups is 1. The fourth-order valence-corrected chi connectivity index (χ4v) is 10.1. The van der Waals surface area contributed by atoms with Crippen molar-refractivity contribution >= 4 is 46.1 Å². The van der Waals surface area contributed by atoms with E-state index < -0.39 is 11.0 Å². The molecule has 1 aliphatic carbocycles. The molecule has 0 spiro atoms. The van der Waals surface area contributed by atoms with Gasteiger partial charge in [-0.25, -0.2) is 14.8 Å². The van der Waals surface area contributed by atoms with Crippen molar-refractivity contribution < 1.29 is 14.3 Å². The summed E-state index contributed by atoms with van der Waals surface area (Å²) >= 11 is 3.07. The van der Waals surface area contributed by atoms with Crippen molar-refractivity contribution in [1.29, 1.82) is 5.26 Å². The molecule has 12 nitrogen and oxygen atoms in total. The molecule has 0 saturated carbocycles. The topological polar surface area (TPSA) is 123 Å². The molecule has 5 heterocycles. The maximum atomic E-state index is 13.2. The van der Waals surface area contributed by atoms with Gasteiger partial charge >= 0.3 is 6.09 Å². The van der Waals surface area contributed by atoms with Crippen molar-refractivity contribution in [3.05, 3.63) is 33.0 Å². The van der Waals surface area contributed by atoms with Gasteiger partial charge in [-0.3, -0.25) is 9.80 Å². The first-order chi connectivity index (χ1) is 24.6. The van der Waals surface area contributed by atoms with Crippen LogP contribution in [-0.2, 0) is 16.6 Å². The highest BCUT2D eigenvalue weighted by Gasteiger charge is 2.41. The number of piperazine rings is 1. The van der Waals surface area contributed by atoms with Crippen molar-refractivity contribution in [2.75, 3.05) is 45.7 Å². The van der Waals surface area contributed by atoms with Crippen LogP contribution in [0.1, 0.15) is 95.0 Å². The zero-order valence-corrected chi connectivity index (χ0v) is 33.9. The van der Waals surface area contributed by atoms with Gasteiger partial charge in [-0.15, -0.1) is 11.3 Å². The number of aliphatic imine (C=N–C) groups is 1. The summed E-state index contributed by atoms with van der Waals surface area (Å²) in [7, 11) is 6.01. The Balaban J connectivity index is 1.35. The molecule has 0 unspecified atom stereocenters. The monoisotopic (exact) mass is 747 g/mol. The van der Waals surface area contributed by atoms with Crippen LogP contribution in [0.2, 0.25) is 0 Å². The van der Waals surface area contributed by atoms with E-state index in [1.807, 2.05) is 64.6 Å². The SMILES string of the molecule is C[C@H](Oc1cc(N2C[C@H](C)N(C(=O)OC(C)(C)C)[C@@H](C)C2)nc(-c2cc([C@@]3(C)CCCc4sc(N=CN(C)C)c(C#N)c43)sn2)n1)[C@@H]1CCCN1C. The molecule has 6 rings (SSSR count). The number of anilines is 1. The van der Waals surface area contributed by atoms with E-state index in [2.05, 4.69) is 47.8 Å². The second kappa shape index (κ2) is 14.9. The van der Waals surface area contributed by atoms with Crippen LogP contribution in [0.3, 0.4) is 0 Å². The van der Waals surface area contributed by atoms with Crippen LogP contribution >= 0.6 is 22.9 Å². The summed E-state index contributed by atoms with van der Waals surface area (Å²) in [6.45, 7) is 16.3. The molecule has 52 heavy (non-hydrogen) atoms. The molecule has 3 aromatic rings. The third-order valence-corrected chi connectivity index (χ3v) is 12.6. The molecule has 1 amide bonds. The zero-order valence-electron chi connectivity index (χ0n) is 32.3. The summed E-state index contributed by atoms with van der Waals surface area (Å²) in [4.78, 5) is 38.5. The number of aromatic nitrogens is 3. The van der Waals surface area contributed by atoms with Crippen LogP contribution in [0, 0.1) is 11.3 Å². The number of amides is 1. The van der Waals surface area contributed by atoms with E-state index in [1.54, 1.807) is 17.7 Å². The first-order valence-electron chi connectivity index (χ1n) is 18.3. The molecule has 14 heteroatoms. The quantitative estimate of drug-likeness (QED) is 0.174. The largest absolute Gasteiger partial charge is 0.473 e. The minimum atomic E-state index is -0.573. The number of aryl methyl sites for hydroxylation is 1. The standard InChI is InChI=1S/C38H53N9O3S2/c1-23-20-46(21-24(2)47(23)36(48)50-37(4,5)6)31-18-32(49-25(3)28-13-12-16-45(28)10)42-34(41-31)27-17-30(52-43-27)38(7)15-11-14-29-33(38)26(19-39)35(51-29)40-22-44(8)9/h17-18,22-25,28H,11-16,20-21H2,1-10H3/t23-,24-,25-,28-,38+/m0/s1. The smallest absolute Gasteiger partial charge is 0.410 e. The van der Waals surface area contributed by atoms with Gasteiger partial charge in [0.05, 0.1) is 24.0 Å². The van der Waals surface area contributed by atoms with Crippen LogP contribution in [0.25, 0.3) is 11.5 Å². The van der Waals surface area contributed by atoms with Crippen molar-refractivity contribution in [1.82, 2.24) is 29.0 Å². The lowest BCUT2D eigenvalue weighted by molar-refractivity contribution is 0.00558. The van der Waals surface area contributed by atoms with Gasteiger partial charge in [0.25, 0.3) is 0 Å². The molecule has 0 radical (unpaired) electrons. The Morgan fingerprint density at radius 3 is 2.56 bits per heavy atom. The van der Waals surface area contributed by atoms with Crippen molar-refractivity contribution in [3.8, 4) is 23.5 Å². The Morgan fingerprint density at radius 2 is 1.92 bits per heavy atom. The van der Waals surface area contributed by atoms with Crippen LogP contribution in [-0.4, -0.2) is 112 Å². The average Bonchev–Trinajstić information content (AvgIpc) is 3.81. The van der Waals surface area contributed by atoms with E-state index in [0.29, 0.717) is 42.1 Å². The number of nitrogens with zero attached hydrogens (tertiary/aromatic N) is 9. The fraction of sp³-hybridized carbons (Fsp3) is 0.632. The van der Waals surface area contributed by atoms with Gasteiger partial charge in [-0.1, -0.05) is 6.92 Å². The second-order valence-corrected chi connectivity index (χ2v) is 17.9. The number of nitriles is 1. The summed E-state index contributed by atoms with van der Waals surface area (Å²) in [5.74, 6) is 1.75. The Bertz CT molecular complexity index is 1830. The minimum absolute atomic E-state index is 0.0668. The first-order valence-corrected chi connectivity index (χ1v) is 19.9. The molecule has 0 N–H and O–H groups in total. The highest BCUT2D eigenvalue weighted by atomic mass is 32.1. The van der Waals surface area contributed by atoms with Gasteiger partial charge in [0, 0.05) is 54.5 Å². The Hall–Kier alpha value is -3.80. The van der Waals surface area contributed by atoms with Gasteiger partial charge < -0.3 is 19.3 Å². The normalized spacial score (nSPS) is 24.5. The lowest BCUT2D eigenvalue weighted by Crippen LogP contribution is -2.59. The summed E-state index contributed by atoms with van der Waals surface area (Å²) in [6, 6.07) is 6.62. The number of fused-ring (bicyclic) bond motifs is 1. The van der Waals surface area contributed by atoms with Gasteiger partial charge in [-0.05, 0) is 110 Å².